The van der Waals surface area contributed by atoms with E-state index in [1.165, 1.54) is 0 Å². The van der Waals surface area contributed by atoms with E-state index in [4.69, 9.17) is 5.73 Å². The maximum Gasteiger partial charge on any atom is 0.180 e. The van der Waals surface area contributed by atoms with E-state index in [0.29, 0.717) is 5.82 Å². The highest BCUT2D eigenvalue weighted by atomic mass is 16.3. The van der Waals surface area contributed by atoms with E-state index in [2.05, 4.69) is 22.1 Å². The number of aromatic amines is 1. The summed E-state index contributed by atoms with van der Waals surface area (Å²) in [6, 6.07) is 0. The standard InChI is InChI=1S/C7H14N4O/c1-2-3-6-9-7(11-10-6)5(12)4-8/h5,12H,2-4,8H2,1H3,(H,9,10,11)/t5-/m0/s1. The number of aryl methyl sites for hydroxylation is 1. The van der Waals surface area contributed by atoms with E-state index < -0.39 is 6.10 Å². The maximum atomic E-state index is 9.24. The second kappa shape index (κ2) is 4.18. The van der Waals surface area contributed by atoms with E-state index in [9.17, 15) is 5.11 Å². The molecule has 5 heteroatoms. The minimum atomic E-state index is -0.744. The van der Waals surface area contributed by atoms with Crippen molar-refractivity contribution in [1.82, 2.24) is 15.2 Å². The molecule has 0 fully saturated rings. The highest BCUT2D eigenvalue weighted by Crippen LogP contribution is 2.05. The molecule has 0 radical (unpaired) electrons. The number of H-pyrrole nitrogens is 1. The van der Waals surface area contributed by atoms with Gasteiger partial charge in [0.2, 0.25) is 0 Å². The summed E-state index contributed by atoms with van der Waals surface area (Å²) in [6.45, 7) is 2.21. The number of hydrogen-bond acceptors (Lipinski definition) is 4. The van der Waals surface area contributed by atoms with Gasteiger partial charge in [-0.15, -0.1) is 0 Å². The van der Waals surface area contributed by atoms with Gasteiger partial charge in [0.25, 0.3) is 0 Å². The van der Waals surface area contributed by atoms with Crippen LogP contribution in [0.5, 0.6) is 0 Å². The highest BCUT2D eigenvalue weighted by Gasteiger charge is 2.10. The molecule has 1 aromatic heterocycles. The molecule has 4 N–H and O–H groups in total. The molecule has 0 aromatic carbocycles. The Morgan fingerprint density at radius 3 is 3.00 bits per heavy atom. The number of hydrogen-bond donors (Lipinski definition) is 3. The van der Waals surface area contributed by atoms with Crippen LogP contribution in [-0.2, 0) is 6.42 Å². The Morgan fingerprint density at radius 2 is 2.42 bits per heavy atom. The monoisotopic (exact) mass is 170 g/mol. The molecule has 1 heterocycles. The van der Waals surface area contributed by atoms with Gasteiger partial charge in [-0.25, -0.2) is 4.98 Å². The van der Waals surface area contributed by atoms with Crippen molar-refractivity contribution in [2.24, 2.45) is 5.73 Å². The predicted molar refractivity (Wildman–Crippen MR) is 44.4 cm³/mol. The molecule has 0 spiro atoms. The van der Waals surface area contributed by atoms with Crippen LogP contribution in [0.25, 0.3) is 0 Å². The fourth-order valence-electron chi connectivity index (χ4n) is 0.913. The van der Waals surface area contributed by atoms with Gasteiger partial charge < -0.3 is 10.8 Å². The first-order valence-electron chi connectivity index (χ1n) is 4.07. The number of nitrogens with zero attached hydrogens (tertiary/aromatic N) is 2. The van der Waals surface area contributed by atoms with Gasteiger partial charge in [-0.1, -0.05) is 6.92 Å². The van der Waals surface area contributed by atoms with E-state index in [0.717, 1.165) is 18.7 Å². The van der Waals surface area contributed by atoms with E-state index in [-0.39, 0.29) is 6.54 Å². The molecule has 0 aliphatic heterocycles. The molecule has 1 rings (SSSR count). The van der Waals surface area contributed by atoms with E-state index in [1.54, 1.807) is 0 Å². The third-order valence-electron chi connectivity index (χ3n) is 1.56. The number of rotatable bonds is 4. The lowest BCUT2D eigenvalue weighted by molar-refractivity contribution is 0.177. The molecule has 0 aliphatic carbocycles. The Bertz CT molecular complexity index is 235. The summed E-state index contributed by atoms with van der Waals surface area (Å²) < 4.78 is 0. The Hall–Kier alpha value is -0.940. The van der Waals surface area contributed by atoms with Crippen molar-refractivity contribution in [3.8, 4) is 0 Å². The number of nitrogens with two attached hydrogens (primary N) is 1. The molecular formula is C7H14N4O. The Balaban J connectivity index is 2.63. The summed E-state index contributed by atoms with van der Waals surface area (Å²) in [5.41, 5.74) is 5.24. The minimum absolute atomic E-state index is 0.156. The zero-order valence-corrected chi connectivity index (χ0v) is 7.12. The van der Waals surface area contributed by atoms with Crippen LogP contribution < -0.4 is 5.73 Å². The van der Waals surface area contributed by atoms with Crippen LogP contribution in [-0.4, -0.2) is 26.8 Å². The maximum absolute atomic E-state index is 9.24. The Labute approximate surface area is 71.0 Å². The molecule has 0 bridgehead atoms. The first kappa shape index (κ1) is 9.15. The van der Waals surface area contributed by atoms with Crippen LogP contribution in [0.2, 0.25) is 0 Å². The average Bonchev–Trinajstić information content (AvgIpc) is 2.52. The lowest BCUT2D eigenvalue weighted by atomic mass is 10.3. The normalized spacial score (nSPS) is 13.2. The lowest BCUT2D eigenvalue weighted by Crippen LogP contribution is -2.12. The van der Waals surface area contributed by atoms with Crippen molar-refractivity contribution < 1.29 is 5.11 Å². The SMILES string of the molecule is CCCc1nc([C@@H](O)CN)n[nH]1. The minimum Gasteiger partial charge on any atom is -0.384 e. The van der Waals surface area contributed by atoms with Crippen LogP contribution >= 0.6 is 0 Å². The van der Waals surface area contributed by atoms with Gasteiger partial charge in [-0.2, -0.15) is 5.10 Å². The second-order valence-electron chi connectivity index (χ2n) is 2.64. The smallest absolute Gasteiger partial charge is 0.180 e. The highest BCUT2D eigenvalue weighted by molar-refractivity contribution is 4.94. The molecule has 5 nitrogen and oxygen atoms in total. The van der Waals surface area contributed by atoms with Crippen molar-refractivity contribution in [1.29, 1.82) is 0 Å². The first-order valence-corrected chi connectivity index (χ1v) is 4.07. The number of nitrogens with one attached hydrogen (secondary N) is 1. The third-order valence-corrected chi connectivity index (χ3v) is 1.56. The summed E-state index contributed by atoms with van der Waals surface area (Å²) in [5.74, 6) is 1.20. The second-order valence-corrected chi connectivity index (χ2v) is 2.64. The van der Waals surface area contributed by atoms with Crippen LogP contribution in [0, 0.1) is 0 Å². The van der Waals surface area contributed by atoms with Crippen molar-refractivity contribution in [3.63, 3.8) is 0 Å². The molecular weight excluding hydrogens is 156 g/mol. The average molecular weight is 170 g/mol. The van der Waals surface area contributed by atoms with Gasteiger partial charge in [-0.3, -0.25) is 5.10 Å². The molecule has 0 saturated carbocycles. The first-order chi connectivity index (χ1) is 5.77. The Kier molecular flexibility index (Phi) is 3.19. The van der Waals surface area contributed by atoms with Gasteiger partial charge in [-0.05, 0) is 6.42 Å². The molecule has 0 unspecified atom stereocenters. The van der Waals surface area contributed by atoms with Gasteiger partial charge in [0.15, 0.2) is 5.82 Å². The molecule has 0 amide bonds. The van der Waals surface area contributed by atoms with Gasteiger partial charge in [0, 0.05) is 13.0 Å². The predicted octanol–water partition coefficient (Wildman–Crippen LogP) is -0.251. The van der Waals surface area contributed by atoms with Crippen molar-refractivity contribution in [3.05, 3.63) is 11.6 Å². The fraction of sp³-hybridized carbons (Fsp3) is 0.714. The summed E-state index contributed by atoms with van der Waals surface area (Å²) in [4.78, 5) is 4.07. The molecule has 1 atom stereocenters. The number of aromatic nitrogens is 3. The summed E-state index contributed by atoms with van der Waals surface area (Å²) >= 11 is 0. The van der Waals surface area contributed by atoms with Gasteiger partial charge in [0.05, 0.1) is 0 Å². The lowest BCUT2D eigenvalue weighted by Gasteiger charge is -1.99. The Morgan fingerprint density at radius 1 is 1.67 bits per heavy atom. The van der Waals surface area contributed by atoms with Crippen LogP contribution in [0.1, 0.15) is 31.1 Å². The van der Waals surface area contributed by atoms with Gasteiger partial charge in [0.1, 0.15) is 11.9 Å². The number of aliphatic hydroxyl groups is 1. The van der Waals surface area contributed by atoms with Crippen LogP contribution in [0.15, 0.2) is 0 Å². The van der Waals surface area contributed by atoms with Crippen LogP contribution in [0.3, 0.4) is 0 Å². The van der Waals surface area contributed by atoms with E-state index in [1.807, 2.05) is 0 Å². The molecule has 68 valence electrons. The zero-order valence-electron chi connectivity index (χ0n) is 7.12. The zero-order chi connectivity index (χ0) is 8.97. The number of aliphatic hydroxyl groups excluding tert-OH is 1. The quantitative estimate of drug-likeness (QED) is 0.581. The summed E-state index contributed by atoms with van der Waals surface area (Å²) in [6.07, 6.45) is 1.12. The largest absolute Gasteiger partial charge is 0.384 e. The molecule has 0 aliphatic rings. The van der Waals surface area contributed by atoms with Crippen LogP contribution in [0.4, 0.5) is 0 Å². The third kappa shape index (κ3) is 2.02. The van der Waals surface area contributed by atoms with Gasteiger partial charge >= 0.3 is 0 Å². The van der Waals surface area contributed by atoms with E-state index >= 15 is 0 Å². The summed E-state index contributed by atoms with van der Waals surface area (Å²) in [5, 5.41) is 15.8. The molecule has 1 aromatic rings. The fourth-order valence-corrected chi connectivity index (χ4v) is 0.913. The van der Waals surface area contributed by atoms with Crippen molar-refractivity contribution >= 4 is 0 Å². The molecule has 12 heavy (non-hydrogen) atoms. The van der Waals surface area contributed by atoms with Crippen molar-refractivity contribution in [2.75, 3.05) is 6.54 Å². The summed E-state index contributed by atoms with van der Waals surface area (Å²) in [7, 11) is 0. The molecule has 0 saturated heterocycles. The van der Waals surface area contributed by atoms with Crippen molar-refractivity contribution in [2.45, 2.75) is 25.9 Å². The topological polar surface area (TPSA) is 87.8 Å².